The van der Waals surface area contributed by atoms with E-state index in [4.69, 9.17) is 4.74 Å². The molecule has 0 aromatic heterocycles. The van der Waals surface area contributed by atoms with Crippen molar-refractivity contribution in [2.75, 3.05) is 7.11 Å². The zero-order chi connectivity index (χ0) is 11.0. The Balaban J connectivity index is 2.49. The smallest absolute Gasteiger partial charge is 0.253 e. The maximum absolute atomic E-state index is 13.8. The first-order valence-corrected chi connectivity index (χ1v) is 5.20. The van der Waals surface area contributed by atoms with Crippen molar-refractivity contribution in [3.63, 3.8) is 0 Å². The van der Waals surface area contributed by atoms with Crippen LogP contribution in [0.25, 0.3) is 0 Å². The summed E-state index contributed by atoms with van der Waals surface area (Å²) in [7, 11) is 1.36. The zero-order valence-corrected chi connectivity index (χ0v) is 9.55. The summed E-state index contributed by atoms with van der Waals surface area (Å²) in [5.41, 5.74) is 0.721. The van der Waals surface area contributed by atoms with Gasteiger partial charge in [-0.25, -0.2) is 4.39 Å². The number of ether oxygens (including phenoxy) is 1. The summed E-state index contributed by atoms with van der Waals surface area (Å²) in [5.74, 6) is -0.313. The first-order valence-electron chi connectivity index (χ1n) is 4.40. The Hall–Kier alpha value is -0.940. The standard InChI is InChI=1S/C10H9BrFNO2/c1-15-10-8(12)6-3-2-5(11)4-7(6)9(14)13-10/h2-4,8,10H,1H3,(H,13,14). The monoisotopic (exact) mass is 273 g/mol. The van der Waals surface area contributed by atoms with Crippen molar-refractivity contribution in [1.82, 2.24) is 5.32 Å². The van der Waals surface area contributed by atoms with Gasteiger partial charge in [-0.15, -0.1) is 0 Å². The molecule has 0 radical (unpaired) electrons. The first kappa shape index (κ1) is 10.6. The maximum atomic E-state index is 13.8. The minimum atomic E-state index is -1.32. The van der Waals surface area contributed by atoms with Crippen LogP contribution in [0.2, 0.25) is 0 Å². The Kier molecular flexibility index (Phi) is 2.75. The van der Waals surface area contributed by atoms with Gasteiger partial charge in [-0.2, -0.15) is 0 Å². The van der Waals surface area contributed by atoms with Crippen LogP contribution >= 0.6 is 15.9 Å². The average Bonchev–Trinajstić information content (AvgIpc) is 2.23. The van der Waals surface area contributed by atoms with Gasteiger partial charge in [-0.05, 0) is 12.1 Å². The fourth-order valence-electron chi connectivity index (χ4n) is 1.59. The second-order valence-corrected chi connectivity index (χ2v) is 4.18. The number of hydrogen-bond acceptors (Lipinski definition) is 2. The topological polar surface area (TPSA) is 38.3 Å². The van der Waals surface area contributed by atoms with Crippen LogP contribution in [-0.4, -0.2) is 19.2 Å². The molecule has 1 heterocycles. The Bertz CT molecular complexity index is 410. The van der Waals surface area contributed by atoms with Crippen molar-refractivity contribution in [2.24, 2.45) is 0 Å². The van der Waals surface area contributed by atoms with E-state index in [9.17, 15) is 9.18 Å². The van der Waals surface area contributed by atoms with Gasteiger partial charge in [0.2, 0.25) is 0 Å². The van der Waals surface area contributed by atoms with E-state index in [0.717, 1.165) is 4.47 Å². The minimum absolute atomic E-state index is 0.313. The number of alkyl halides is 1. The van der Waals surface area contributed by atoms with Gasteiger partial charge in [-0.1, -0.05) is 22.0 Å². The molecule has 3 nitrogen and oxygen atoms in total. The highest BCUT2D eigenvalue weighted by Gasteiger charge is 2.33. The lowest BCUT2D eigenvalue weighted by molar-refractivity contribution is 0.00277. The van der Waals surface area contributed by atoms with E-state index in [1.165, 1.54) is 7.11 Å². The van der Waals surface area contributed by atoms with Crippen LogP contribution in [0.3, 0.4) is 0 Å². The number of nitrogens with one attached hydrogen (secondary N) is 1. The molecule has 15 heavy (non-hydrogen) atoms. The lowest BCUT2D eigenvalue weighted by Crippen LogP contribution is -2.44. The molecule has 2 unspecified atom stereocenters. The van der Waals surface area contributed by atoms with E-state index in [1.54, 1.807) is 18.2 Å². The highest BCUT2D eigenvalue weighted by molar-refractivity contribution is 9.10. The average molecular weight is 274 g/mol. The van der Waals surface area contributed by atoms with Crippen LogP contribution < -0.4 is 5.32 Å². The van der Waals surface area contributed by atoms with Crippen molar-refractivity contribution in [3.8, 4) is 0 Å². The number of benzene rings is 1. The van der Waals surface area contributed by atoms with Gasteiger partial charge in [0, 0.05) is 22.7 Å². The van der Waals surface area contributed by atoms with Crippen LogP contribution in [0.4, 0.5) is 4.39 Å². The normalized spacial score (nSPS) is 24.6. The van der Waals surface area contributed by atoms with E-state index in [1.807, 2.05) is 0 Å². The van der Waals surface area contributed by atoms with E-state index < -0.39 is 12.4 Å². The number of carbonyl (C=O) groups is 1. The number of amides is 1. The third kappa shape index (κ3) is 1.77. The van der Waals surface area contributed by atoms with Crippen LogP contribution in [-0.2, 0) is 4.74 Å². The fourth-order valence-corrected chi connectivity index (χ4v) is 1.95. The second-order valence-electron chi connectivity index (χ2n) is 3.26. The lowest BCUT2D eigenvalue weighted by Gasteiger charge is -2.27. The molecule has 1 amide bonds. The molecule has 5 heteroatoms. The van der Waals surface area contributed by atoms with Gasteiger partial charge in [-0.3, -0.25) is 4.79 Å². The minimum Gasteiger partial charge on any atom is -0.358 e. The van der Waals surface area contributed by atoms with Crippen LogP contribution in [0, 0.1) is 0 Å². The largest absolute Gasteiger partial charge is 0.358 e. The van der Waals surface area contributed by atoms with Crippen molar-refractivity contribution in [1.29, 1.82) is 0 Å². The predicted octanol–water partition coefficient (Wildman–Crippen LogP) is 2.18. The van der Waals surface area contributed by atoms with Crippen molar-refractivity contribution >= 4 is 21.8 Å². The predicted molar refractivity (Wildman–Crippen MR) is 56.3 cm³/mol. The third-order valence-electron chi connectivity index (χ3n) is 2.35. The van der Waals surface area contributed by atoms with Gasteiger partial charge < -0.3 is 10.1 Å². The summed E-state index contributed by atoms with van der Waals surface area (Å²) in [4.78, 5) is 11.6. The summed E-state index contributed by atoms with van der Waals surface area (Å²) >= 11 is 3.24. The lowest BCUT2D eigenvalue weighted by atomic mass is 9.98. The molecule has 0 saturated heterocycles. The van der Waals surface area contributed by atoms with Gasteiger partial charge in [0.1, 0.15) is 0 Å². The molecule has 0 bridgehead atoms. The molecule has 0 saturated carbocycles. The SMILES string of the molecule is COC1NC(=O)c2cc(Br)ccc2C1F. The number of halogens is 2. The van der Waals surface area contributed by atoms with Gasteiger partial charge in [0.15, 0.2) is 12.4 Å². The number of fused-ring (bicyclic) bond motifs is 1. The Morgan fingerprint density at radius 2 is 2.27 bits per heavy atom. The van der Waals surface area contributed by atoms with Crippen molar-refractivity contribution < 1.29 is 13.9 Å². The molecule has 1 N–H and O–H groups in total. The second kappa shape index (κ2) is 3.90. The third-order valence-corrected chi connectivity index (χ3v) is 2.84. The van der Waals surface area contributed by atoms with Crippen LogP contribution in [0.15, 0.2) is 22.7 Å². The van der Waals surface area contributed by atoms with E-state index in [0.29, 0.717) is 11.1 Å². The molecule has 2 rings (SSSR count). The Labute approximate surface area is 94.7 Å². The summed E-state index contributed by atoms with van der Waals surface area (Å²) in [6.45, 7) is 0. The molecule has 80 valence electrons. The number of methoxy groups -OCH3 is 1. The molecule has 1 aliphatic rings. The van der Waals surface area contributed by atoms with Gasteiger partial charge in [0.25, 0.3) is 5.91 Å². The molecule has 0 aliphatic carbocycles. The number of carbonyl (C=O) groups excluding carboxylic acids is 1. The number of rotatable bonds is 1. The van der Waals surface area contributed by atoms with Crippen molar-refractivity contribution in [3.05, 3.63) is 33.8 Å². The molecule has 0 fully saturated rings. The van der Waals surface area contributed by atoms with Crippen LogP contribution in [0.5, 0.6) is 0 Å². The maximum Gasteiger partial charge on any atom is 0.253 e. The summed E-state index contributed by atoms with van der Waals surface area (Å²) in [6, 6.07) is 4.90. The summed E-state index contributed by atoms with van der Waals surface area (Å²) < 4.78 is 19.4. The summed E-state index contributed by atoms with van der Waals surface area (Å²) in [5, 5.41) is 2.44. The van der Waals surface area contributed by atoms with Crippen LogP contribution in [0.1, 0.15) is 22.1 Å². The number of hydrogen-bond donors (Lipinski definition) is 1. The van der Waals surface area contributed by atoms with E-state index in [-0.39, 0.29) is 5.91 Å². The highest BCUT2D eigenvalue weighted by atomic mass is 79.9. The molecule has 1 aliphatic heterocycles. The van der Waals surface area contributed by atoms with Crippen molar-refractivity contribution in [2.45, 2.75) is 12.4 Å². The Morgan fingerprint density at radius 1 is 1.53 bits per heavy atom. The summed E-state index contributed by atoms with van der Waals surface area (Å²) in [6.07, 6.45) is -2.22. The first-order chi connectivity index (χ1) is 7.13. The highest BCUT2D eigenvalue weighted by Crippen LogP contribution is 2.31. The van der Waals surface area contributed by atoms with E-state index >= 15 is 0 Å². The zero-order valence-electron chi connectivity index (χ0n) is 7.96. The molecule has 1 aromatic carbocycles. The molecule has 1 aromatic rings. The molecule has 2 atom stereocenters. The van der Waals surface area contributed by atoms with E-state index in [2.05, 4.69) is 21.2 Å². The molecular formula is C10H9BrFNO2. The molecular weight excluding hydrogens is 265 g/mol. The van der Waals surface area contributed by atoms with Gasteiger partial charge in [0.05, 0.1) is 0 Å². The molecule has 0 spiro atoms. The quantitative estimate of drug-likeness (QED) is 0.852. The fraction of sp³-hybridized carbons (Fsp3) is 0.300. The Morgan fingerprint density at radius 3 is 2.93 bits per heavy atom. The van der Waals surface area contributed by atoms with Gasteiger partial charge >= 0.3 is 0 Å².